The van der Waals surface area contributed by atoms with Crippen LogP contribution in [0.25, 0.3) is 10.9 Å². The highest BCUT2D eigenvalue weighted by Crippen LogP contribution is 2.33. The second kappa shape index (κ2) is 11.2. The fourth-order valence-corrected chi connectivity index (χ4v) is 3.73. The minimum Gasteiger partial charge on any atom is -0.493 e. The zero-order valence-corrected chi connectivity index (χ0v) is 20.5. The van der Waals surface area contributed by atoms with Gasteiger partial charge in [0.25, 0.3) is 11.5 Å². The van der Waals surface area contributed by atoms with Crippen LogP contribution in [0.5, 0.6) is 11.5 Å². The Morgan fingerprint density at radius 3 is 2.62 bits per heavy atom. The van der Waals surface area contributed by atoms with E-state index >= 15 is 0 Å². The van der Waals surface area contributed by atoms with E-state index in [0.717, 1.165) is 10.2 Å². The maximum atomic E-state index is 12.7. The number of fused-ring (bicyclic) bond motifs is 1. The summed E-state index contributed by atoms with van der Waals surface area (Å²) in [5.74, 6) is 0.430. The highest BCUT2D eigenvalue weighted by molar-refractivity contribution is 5.92. The smallest absolute Gasteiger partial charge is 0.349 e. The summed E-state index contributed by atoms with van der Waals surface area (Å²) >= 11 is 0. The van der Waals surface area contributed by atoms with Gasteiger partial charge in [-0.25, -0.2) is 4.79 Å². The van der Waals surface area contributed by atoms with Crippen LogP contribution in [0.2, 0.25) is 0 Å². The molecular formula is C28H26N4O5. The molecule has 0 fully saturated rings. The second-order valence-electron chi connectivity index (χ2n) is 8.24. The number of carbonyl (C=O) groups excluding carboxylic acids is 1. The molecule has 37 heavy (non-hydrogen) atoms. The highest BCUT2D eigenvalue weighted by Gasteiger charge is 2.15. The van der Waals surface area contributed by atoms with Crippen molar-refractivity contribution in [3.05, 3.63) is 111 Å². The molecule has 3 aromatic carbocycles. The fourth-order valence-electron chi connectivity index (χ4n) is 3.73. The summed E-state index contributed by atoms with van der Waals surface area (Å²) in [6, 6.07) is 17.6. The maximum Gasteiger partial charge on any atom is 0.349 e. The van der Waals surface area contributed by atoms with Gasteiger partial charge in [0.05, 0.1) is 24.2 Å². The van der Waals surface area contributed by atoms with Crippen LogP contribution in [-0.4, -0.2) is 35.5 Å². The van der Waals surface area contributed by atoms with Crippen LogP contribution >= 0.6 is 0 Å². The molecule has 1 heterocycles. The SMILES string of the molecule is C=CCc1cc(C=Nn2c(=O)[nH]c3ccccc3c2=O)cc(OC)c1OCC(=O)Nc1ccc(C)cc1. The van der Waals surface area contributed by atoms with Crippen molar-refractivity contribution in [3.63, 3.8) is 0 Å². The summed E-state index contributed by atoms with van der Waals surface area (Å²) in [6.07, 6.45) is 3.49. The van der Waals surface area contributed by atoms with Crippen molar-refractivity contribution >= 4 is 28.7 Å². The van der Waals surface area contributed by atoms with E-state index in [1.807, 2.05) is 31.2 Å². The summed E-state index contributed by atoms with van der Waals surface area (Å²) < 4.78 is 12.1. The normalized spacial score (nSPS) is 11.0. The van der Waals surface area contributed by atoms with Gasteiger partial charge in [-0.2, -0.15) is 5.10 Å². The summed E-state index contributed by atoms with van der Waals surface area (Å²) in [5.41, 5.74) is 2.26. The first-order valence-corrected chi connectivity index (χ1v) is 11.5. The number of aryl methyl sites for hydroxylation is 1. The Labute approximate surface area is 212 Å². The van der Waals surface area contributed by atoms with Crippen molar-refractivity contribution < 1.29 is 14.3 Å². The van der Waals surface area contributed by atoms with Gasteiger partial charge in [0.2, 0.25) is 0 Å². The van der Waals surface area contributed by atoms with Gasteiger partial charge in [-0.3, -0.25) is 9.59 Å². The minimum atomic E-state index is -0.655. The molecule has 2 N–H and O–H groups in total. The number of aromatic amines is 1. The van der Waals surface area contributed by atoms with Crippen molar-refractivity contribution in [2.75, 3.05) is 19.0 Å². The maximum absolute atomic E-state index is 12.7. The monoisotopic (exact) mass is 498 g/mol. The topological polar surface area (TPSA) is 115 Å². The van der Waals surface area contributed by atoms with Crippen LogP contribution in [-0.2, 0) is 11.2 Å². The number of allylic oxidation sites excluding steroid dienone is 1. The molecule has 0 unspecified atom stereocenters. The van der Waals surface area contributed by atoms with Crippen molar-refractivity contribution in [1.29, 1.82) is 0 Å². The Bertz CT molecular complexity index is 1600. The molecule has 0 atom stereocenters. The number of anilines is 1. The molecule has 4 rings (SSSR count). The molecular weight excluding hydrogens is 472 g/mol. The lowest BCUT2D eigenvalue weighted by Gasteiger charge is -2.15. The third kappa shape index (κ3) is 5.84. The number of hydrogen-bond acceptors (Lipinski definition) is 6. The molecule has 0 spiro atoms. The molecule has 9 nitrogen and oxygen atoms in total. The molecule has 1 amide bonds. The minimum absolute atomic E-state index is 0.232. The van der Waals surface area contributed by atoms with E-state index in [4.69, 9.17) is 9.47 Å². The summed E-state index contributed by atoms with van der Waals surface area (Å²) in [7, 11) is 1.48. The van der Waals surface area contributed by atoms with Crippen LogP contribution in [0, 0.1) is 6.92 Å². The highest BCUT2D eigenvalue weighted by atomic mass is 16.5. The lowest BCUT2D eigenvalue weighted by molar-refractivity contribution is -0.118. The average molecular weight is 499 g/mol. The summed E-state index contributed by atoms with van der Waals surface area (Å²) in [4.78, 5) is 40.2. The van der Waals surface area contributed by atoms with Crippen LogP contribution in [0.1, 0.15) is 16.7 Å². The van der Waals surface area contributed by atoms with Gasteiger partial charge in [-0.1, -0.05) is 35.9 Å². The number of methoxy groups -OCH3 is 1. The number of carbonyl (C=O) groups is 1. The predicted octanol–water partition coefficient (Wildman–Crippen LogP) is 3.64. The number of H-pyrrole nitrogens is 1. The molecule has 0 saturated heterocycles. The molecule has 9 heteroatoms. The third-order valence-corrected chi connectivity index (χ3v) is 5.53. The zero-order valence-electron chi connectivity index (χ0n) is 20.5. The molecule has 0 aliphatic heterocycles. The number of nitrogens with zero attached hydrogens (tertiary/aromatic N) is 2. The van der Waals surface area contributed by atoms with Crippen LogP contribution in [0.3, 0.4) is 0 Å². The Kier molecular flexibility index (Phi) is 7.63. The van der Waals surface area contributed by atoms with Crippen molar-refractivity contribution in [2.45, 2.75) is 13.3 Å². The van der Waals surface area contributed by atoms with Crippen molar-refractivity contribution in [2.24, 2.45) is 5.10 Å². The lowest BCUT2D eigenvalue weighted by atomic mass is 10.1. The van der Waals surface area contributed by atoms with E-state index < -0.39 is 11.2 Å². The number of ether oxygens (including phenoxy) is 2. The summed E-state index contributed by atoms with van der Waals surface area (Å²) in [5, 5.41) is 7.24. The first-order valence-electron chi connectivity index (χ1n) is 11.5. The average Bonchev–Trinajstić information content (AvgIpc) is 2.89. The van der Waals surface area contributed by atoms with Crippen LogP contribution < -0.4 is 26.0 Å². The number of rotatable bonds is 9. The van der Waals surface area contributed by atoms with Gasteiger partial charge in [0.1, 0.15) is 0 Å². The number of para-hydroxylation sites is 1. The number of nitrogens with one attached hydrogen (secondary N) is 2. The van der Waals surface area contributed by atoms with Gasteiger partial charge >= 0.3 is 5.69 Å². The van der Waals surface area contributed by atoms with Crippen LogP contribution in [0.15, 0.2) is 88.0 Å². The van der Waals surface area contributed by atoms with Gasteiger partial charge in [-0.15, -0.1) is 11.3 Å². The van der Waals surface area contributed by atoms with E-state index in [0.29, 0.717) is 45.6 Å². The Morgan fingerprint density at radius 1 is 1.14 bits per heavy atom. The molecule has 0 saturated carbocycles. The van der Waals surface area contributed by atoms with E-state index in [2.05, 4.69) is 22.0 Å². The van der Waals surface area contributed by atoms with E-state index in [9.17, 15) is 14.4 Å². The molecule has 0 radical (unpaired) electrons. The van der Waals surface area contributed by atoms with E-state index in [-0.39, 0.29) is 12.5 Å². The Hall–Kier alpha value is -4.92. The van der Waals surface area contributed by atoms with Gasteiger partial charge < -0.3 is 19.8 Å². The fraction of sp³-hybridized carbons (Fsp3) is 0.143. The number of aromatic nitrogens is 2. The zero-order chi connectivity index (χ0) is 26.4. The van der Waals surface area contributed by atoms with Gasteiger partial charge in [-0.05, 0) is 55.3 Å². The Morgan fingerprint density at radius 2 is 1.89 bits per heavy atom. The van der Waals surface area contributed by atoms with Crippen LogP contribution in [0.4, 0.5) is 5.69 Å². The molecule has 188 valence electrons. The van der Waals surface area contributed by atoms with Gasteiger partial charge in [0, 0.05) is 11.3 Å². The number of amides is 1. The largest absolute Gasteiger partial charge is 0.493 e. The van der Waals surface area contributed by atoms with Crippen molar-refractivity contribution in [3.8, 4) is 11.5 Å². The number of hydrogen-bond donors (Lipinski definition) is 2. The van der Waals surface area contributed by atoms with E-state index in [1.165, 1.54) is 13.3 Å². The standard InChI is InChI=1S/C28H26N4O5/c1-4-7-20-14-19(16-29-32-27(34)22-8-5-6-9-23(22)31-28(32)35)15-24(36-3)26(20)37-17-25(33)30-21-12-10-18(2)11-13-21/h4-6,8-16H,1,7,17H2,2-3H3,(H,30,33)(H,31,35). The first-order chi connectivity index (χ1) is 17.9. The first kappa shape index (κ1) is 25.2. The summed E-state index contributed by atoms with van der Waals surface area (Å²) in [6.45, 7) is 5.52. The molecule has 4 aromatic rings. The van der Waals surface area contributed by atoms with Gasteiger partial charge in [0.15, 0.2) is 18.1 Å². The molecule has 0 aliphatic rings. The van der Waals surface area contributed by atoms with E-state index in [1.54, 1.807) is 42.5 Å². The lowest BCUT2D eigenvalue weighted by Crippen LogP contribution is -2.32. The molecule has 0 aliphatic carbocycles. The molecule has 1 aromatic heterocycles. The Balaban J connectivity index is 1.59. The second-order valence-corrected chi connectivity index (χ2v) is 8.24. The molecule has 0 bridgehead atoms. The quantitative estimate of drug-likeness (QED) is 0.270. The number of benzene rings is 3. The predicted molar refractivity (Wildman–Crippen MR) is 144 cm³/mol. The third-order valence-electron chi connectivity index (χ3n) is 5.53. The van der Waals surface area contributed by atoms with Crippen molar-refractivity contribution in [1.82, 2.24) is 9.66 Å².